The number of rotatable bonds is 4. The lowest BCUT2D eigenvalue weighted by Gasteiger charge is -2.37. The molecule has 2 aromatic rings. The standard InChI is InChI=1S/C27H31ClN2O3/c1-26(2,3)22-11-8-20(9-12-22)18-30-19-27(33-25(30)32)14-16-29(17-15-27)24(31)13-10-21-6-4-5-7-23(21)28/h4-13H,14-19H2,1-3H3. The average molecular weight is 467 g/mol. The largest absolute Gasteiger partial charge is 0.441 e. The minimum Gasteiger partial charge on any atom is -0.441 e. The predicted octanol–water partition coefficient (Wildman–Crippen LogP) is 5.66. The van der Waals surface area contributed by atoms with Crippen LogP contribution in [0.5, 0.6) is 0 Å². The molecule has 0 radical (unpaired) electrons. The molecule has 0 N–H and O–H groups in total. The van der Waals surface area contributed by atoms with Crippen molar-refractivity contribution in [1.29, 1.82) is 0 Å². The van der Waals surface area contributed by atoms with Crippen molar-refractivity contribution < 1.29 is 14.3 Å². The lowest BCUT2D eigenvalue weighted by atomic mass is 9.86. The van der Waals surface area contributed by atoms with Crippen molar-refractivity contribution in [1.82, 2.24) is 9.80 Å². The minimum atomic E-state index is -0.508. The number of nitrogens with zero attached hydrogens (tertiary/aromatic N) is 2. The first-order valence-corrected chi connectivity index (χ1v) is 11.8. The summed E-state index contributed by atoms with van der Waals surface area (Å²) in [6.07, 6.45) is 4.33. The highest BCUT2D eigenvalue weighted by Crippen LogP contribution is 2.34. The average Bonchev–Trinajstić information content (AvgIpc) is 3.07. The molecule has 174 valence electrons. The summed E-state index contributed by atoms with van der Waals surface area (Å²) in [6, 6.07) is 15.9. The Morgan fingerprint density at radius 1 is 1.09 bits per heavy atom. The number of hydrogen-bond acceptors (Lipinski definition) is 3. The summed E-state index contributed by atoms with van der Waals surface area (Å²) in [5.41, 5.74) is 2.77. The summed E-state index contributed by atoms with van der Waals surface area (Å²) in [5.74, 6) is -0.0510. The quantitative estimate of drug-likeness (QED) is 0.546. The highest BCUT2D eigenvalue weighted by atomic mass is 35.5. The molecule has 1 spiro atoms. The lowest BCUT2D eigenvalue weighted by Crippen LogP contribution is -2.48. The Labute approximate surface area is 201 Å². The number of benzene rings is 2. The third-order valence-electron chi connectivity index (χ3n) is 6.53. The molecule has 2 amide bonds. The van der Waals surface area contributed by atoms with E-state index in [4.69, 9.17) is 16.3 Å². The molecule has 4 rings (SSSR count). The van der Waals surface area contributed by atoms with Gasteiger partial charge in [-0.3, -0.25) is 9.69 Å². The number of likely N-dealkylation sites (tertiary alicyclic amines) is 1. The number of halogens is 1. The van der Waals surface area contributed by atoms with E-state index in [1.165, 1.54) is 5.56 Å². The van der Waals surface area contributed by atoms with Gasteiger partial charge in [0.15, 0.2) is 0 Å². The van der Waals surface area contributed by atoms with Crippen LogP contribution in [0.4, 0.5) is 4.79 Å². The van der Waals surface area contributed by atoms with E-state index >= 15 is 0 Å². The second-order valence-corrected chi connectivity index (χ2v) is 10.4. The van der Waals surface area contributed by atoms with E-state index in [-0.39, 0.29) is 17.4 Å². The molecule has 0 atom stereocenters. The normalized spacial score (nSPS) is 18.2. The molecule has 2 aliphatic heterocycles. The van der Waals surface area contributed by atoms with Gasteiger partial charge in [-0.25, -0.2) is 4.79 Å². The Morgan fingerprint density at radius 3 is 2.39 bits per heavy atom. The third-order valence-corrected chi connectivity index (χ3v) is 6.88. The SMILES string of the molecule is CC(C)(C)c1ccc(CN2CC3(CCN(C(=O)C=Cc4ccccc4Cl)CC3)OC2=O)cc1. The molecule has 0 aliphatic carbocycles. The molecule has 6 heteroatoms. The second-order valence-electron chi connectivity index (χ2n) is 10.0. The van der Waals surface area contributed by atoms with Crippen LogP contribution in [0, 0.1) is 0 Å². The topological polar surface area (TPSA) is 49.9 Å². The van der Waals surface area contributed by atoms with Gasteiger partial charge in [0.05, 0.1) is 6.54 Å². The molecule has 2 aromatic carbocycles. The van der Waals surface area contributed by atoms with Gasteiger partial charge in [-0.05, 0) is 34.2 Å². The van der Waals surface area contributed by atoms with Crippen molar-refractivity contribution >= 4 is 29.7 Å². The minimum absolute atomic E-state index is 0.0510. The Balaban J connectivity index is 1.33. The molecule has 2 fully saturated rings. The maximum absolute atomic E-state index is 12.6. The zero-order valence-corrected chi connectivity index (χ0v) is 20.3. The maximum Gasteiger partial charge on any atom is 0.410 e. The monoisotopic (exact) mass is 466 g/mol. The first-order chi connectivity index (χ1) is 15.7. The van der Waals surface area contributed by atoms with Crippen molar-refractivity contribution in [2.75, 3.05) is 19.6 Å². The summed E-state index contributed by atoms with van der Waals surface area (Å²) < 4.78 is 5.84. The molecule has 0 unspecified atom stereocenters. The highest BCUT2D eigenvalue weighted by Gasteiger charge is 2.47. The summed E-state index contributed by atoms with van der Waals surface area (Å²) in [7, 11) is 0. The second kappa shape index (κ2) is 9.22. The first-order valence-electron chi connectivity index (χ1n) is 11.4. The van der Waals surface area contributed by atoms with Crippen molar-refractivity contribution in [3.05, 3.63) is 76.3 Å². The zero-order chi connectivity index (χ0) is 23.6. The smallest absolute Gasteiger partial charge is 0.410 e. The Bertz CT molecular complexity index is 1050. The molecule has 2 heterocycles. The Morgan fingerprint density at radius 2 is 1.76 bits per heavy atom. The van der Waals surface area contributed by atoms with Gasteiger partial charge in [-0.15, -0.1) is 0 Å². The maximum atomic E-state index is 12.6. The van der Waals surface area contributed by atoms with Gasteiger partial charge in [0.25, 0.3) is 0 Å². The van der Waals surface area contributed by atoms with Crippen LogP contribution in [-0.2, 0) is 21.5 Å². The predicted molar refractivity (Wildman–Crippen MR) is 131 cm³/mol. The summed E-state index contributed by atoms with van der Waals surface area (Å²) in [6.45, 7) is 8.78. The first kappa shape index (κ1) is 23.4. The van der Waals surface area contributed by atoms with Crippen molar-refractivity contribution in [2.45, 2.75) is 51.2 Å². The highest BCUT2D eigenvalue weighted by molar-refractivity contribution is 6.32. The number of carbonyl (C=O) groups excluding carboxylic acids is 2. The van der Waals surface area contributed by atoms with E-state index in [1.807, 2.05) is 18.2 Å². The Kier molecular flexibility index (Phi) is 6.53. The van der Waals surface area contributed by atoms with Crippen LogP contribution in [0.25, 0.3) is 6.08 Å². The van der Waals surface area contributed by atoms with Crippen LogP contribution in [0.2, 0.25) is 5.02 Å². The van der Waals surface area contributed by atoms with Gasteiger partial charge >= 0.3 is 6.09 Å². The van der Waals surface area contributed by atoms with Gasteiger partial charge in [0.2, 0.25) is 5.91 Å². The zero-order valence-electron chi connectivity index (χ0n) is 19.5. The summed E-state index contributed by atoms with van der Waals surface area (Å²) in [4.78, 5) is 28.8. The third kappa shape index (κ3) is 5.41. The van der Waals surface area contributed by atoms with Crippen molar-refractivity contribution in [3.8, 4) is 0 Å². The lowest BCUT2D eigenvalue weighted by molar-refractivity contribution is -0.129. The number of piperidine rings is 1. The van der Waals surface area contributed by atoms with Gasteiger partial charge in [-0.1, -0.05) is 74.8 Å². The number of carbonyl (C=O) groups is 2. The molecule has 5 nitrogen and oxygen atoms in total. The summed E-state index contributed by atoms with van der Waals surface area (Å²) >= 11 is 6.16. The van der Waals surface area contributed by atoms with Gasteiger partial charge < -0.3 is 9.64 Å². The van der Waals surface area contributed by atoms with E-state index in [1.54, 1.807) is 28.0 Å². The number of hydrogen-bond donors (Lipinski definition) is 0. The molecule has 0 saturated carbocycles. The fraction of sp³-hybridized carbons (Fsp3) is 0.407. The molecule has 2 saturated heterocycles. The van der Waals surface area contributed by atoms with Crippen LogP contribution in [-0.4, -0.2) is 47.0 Å². The van der Waals surface area contributed by atoms with Crippen LogP contribution in [0.1, 0.15) is 50.3 Å². The fourth-order valence-electron chi connectivity index (χ4n) is 4.42. The van der Waals surface area contributed by atoms with Crippen molar-refractivity contribution in [3.63, 3.8) is 0 Å². The Hall–Kier alpha value is -2.79. The van der Waals surface area contributed by atoms with Crippen molar-refractivity contribution in [2.24, 2.45) is 0 Å². The molecule has 0 aromatic heterocycles. The van der Waals surface area contributed by atoms with Gasteiger partial charge in [0, 0.05) is 43.6 Å². The van der Waals surface area contributed by atoms with E-state index in [0.29, 0.717) is 44.0 Å². The number of amides is 2. The number of ether oxygens (including phenoxy) is 1. The molecule has 33 heavy (non-hydrogen) atoms. The van der Waals surface area contributed by atoms with E-state index in [2.05, 4.69) is 45.0 Å². The fourth-order valence-corrected chi connectivity index (χ4v) is 4.62. The van der Waals surface area contributed by atoms with Crippen LogP contribution in [0.3, 0.4) is 0 Å². The summed E-state index contributed by atoms with van der Waals surface area (Å²) in [5, 5.41) is 0.616. The van der Waals surface area contributed by atoms with Gasteiger partial charge in [0.1, 0.15) is 5.60 Å². The van der Waals surface area contributed by atoms with Gasteiger partial charge in [-0.2, -0.15) is 0 Å². The molecular weight excluding hydrogens is 436 g/mol. The van der Waals surface area contributed by atoms with E-state index in [0.717, 1.165) is 11.1 Å². The molecule has 0 bridgehead atoms. The van der Waals surface area contributed by atoms with E-state index < -0.39 is 5.60 Å². The molecule has 2 aliphatic rings. The van der Waals surface area contributed by atoms with E-state index in [9.17, 15) is 9.59 Å². The van der Waals surface area contributed by atoms with Crippen LogP contribution in [0.15, 0.2) is 54.6 Å². The molecular formula is C27H31ClN2O3. The van der Waals surface area contributed by atoms with Crippen LogP contribution < -0.4 is 0 Å². The van der Waals surface area contributed by atoms with Crippen LogP contribution >= 0.6 is 11.6 Å².